The summed E-state index contributed by atoms with van der Waals surface area (Å²) in [6, 6.07) is 6.46. The Morgan fingerprint density at radius 1 is 0.769 bits per heavy atom. The molecule has 0 unspecified atom stereocenters. The van der Waals surface area contributed by atoms with Gasteiger partial charge in [0.25, 0.3) is 0 Å². The van der Waals surface area contributed by atoms with Gasteiger partial charge in [0, 0.05) is 18.1 Å². The average Bonchev–Trinajstić information content (AvgIpc) is 2.14. The van der Waals surface area contributed by atoms with Crippen LogP contribution < -0.4 is 17.2 Å². The molecular weight excluding hydrogens is 162 g/mol. The Hall–Kier alpha value is -2.62. The molecule has 3 heteroatoms. The highest BCUT2D eigenvalue weighted by Crippen LogP contribution is 1.99. The summed E-state index contributed by atoms with van der Waals surface area (Å²) in [5.74, 6) is 9.68. The molecule has 0 fully saturated rings. The summed E-state index contributed by atoms with van der Waals surface area (Å²) >= 11 is 0. The first-order valence-corrected chi connectivity index (χ1v) is 3.15. The molecule has 0 spiro atoms. The van der Waals surface area contributed by atoms with Gasteiger partial charge in [0.05, 0.1) is 0 Å². The van der Waals surface area contributed by atoms with Crippen LogP contribution in [0, 0.1) is 48.2 Å². The monoisotopic (exact) mass is 169 g/mol. The Morgan fingerprint density at radius 2 is 1.15 bits per heavy atom. The van der Waals surface area contributed by atoms with Crippen molar-refractivity contribution in [3.8, 4) is 48.2 Å². The van der Waals surface area contributed by atoms with E-state index in [1.165, 1.54) is 0 Å². The van der Waals surface area contributed by atoms with Crippen LogP contribution in [0.5, 0.6) is 0 Å². The number of nitrogens with two attached hydrogens (primary N) is 3. The fraction of sp³-hybridized carbons (Fsp3) is 0. The minimum Gasteiger partial charge on any atom is -0.359 e. The Bertz CT molecular complexity index is 408. The number of allylic oxidation sites excluding steroid dienone is 2. The molecular formula is C10H7N3. The molecule has 62 valence electrons. The van der Waals surface area contributed by atoms with Gasteiger partial charge in [0.15, 0.2) is 0 Å². The van der Waals surface area contributed by atoms with Gasteiger partial charge >= 0.3 is 0 Å². The summed E-state index contributed by atoms with van der Waals surface area (Å²) in [6.07, 6.45) is 5.14. The van der Waals surface area contributed by atoms with Gasteiger partial charge in [-0.15, -0.1) is 6.42 Å². The maximum absolute atomic E-state index is 5.14. The molecule has 13 heavy (non-hydrogen) atoms. The number of rotatable bonds is 0. The van der Waals surface area contributed by atoms with E-state index in [-0.39, 0.29) is 5.57 Å². The second-order valence-electron chi connectivity index (χ2n) is 1.70. The molecule has 0 rings (SSSR count). The van der Waals surface area contributed by atoms with E-state index in [4.69, 9.17) is 23.6 Å². The van der Waals surface area contributed by atoms with Crippen molar-refractivity contribution in [2.45, 2.75) is 0 Å². The maximum atomic E-state index is 5.14. The van der Waals surface area contributed by atoms with E-state index in [0.717, 1.165) is 0 Å². The predicted molar refractivity (Wildman–Crippen MR) is 51.7 cm³/mol. The Kier molecular flexibility index (Phi) is 4.88. The van der Waals surface area contributed by atoms with Crippen LogP contribution >= 0.6 is 0 Å². The van der Waals surface area contributed by atoms with Gasteiger partial charge in [0.2, 0.25) is 0 Å². The SMILES string of the molecule is C#CC(C#CN)=C(C#CN)C#CN. The number of hydrogen-bond donors (Lipinski definition) is 3. The molecule has 0 saturated carbocycles. The molecule has 0 aliphatic carbocycles. The van der Waals surface area contributed by atoms with Crippen molar-refractivity contribution in [2.75, 3.05) is 0 Å². The van der Waals surface area contributed by atoms with Gasteiger partial charge in [-0.1, -0.05) is 5.92 Å². The van der Waals surface area contributed by atoms with Gasteiger partial charge < -0.3 is 17.2 Å². The molecule has 0 bridgehead atoms. The molecule has 0 radical (unpaired) electrons. The van der Waals surface area contributed by atoms with E-state index in [1.807, 2.05) is 0 Å². The topological polar surface area (TPSA) is 78.1 Å². The highest BCUT2D eigenvalue weighted by atomic mass is 14.5. The van der Waals surface area contributed by atoms with Crippen LogP contribution in [0.1, 0.15) is 0 Å². The Morgan fingerprint density at radius 3 is 1.46 bits per heavy atom. The molecule has 6 N–H and O–H groups in total. The quantitative estimate of drug-likeness (QED) is 0.311. The van der Waals surface area contributed by atoms with Crippen molar-refractivity contribution in [1.29, 1.82) is 0 Å². The first-order chi connectivity index (χ1) is 6.29. The van der Waals surface area contributed by atoms with E-state index in [1.54, 1.807) is 0 Å². The van der Waals surface area contributed by atoms with Crippen LogP contribution in [-0.2, 0) is 0 Å². The molecule has 0 saturated heterocycles. The third-order valence-corrected chi connectivity index (χ3v) is 0.986. The molecule has 0 aromatic carbocycles. The minimum absolute atomic E-state index is 0.276. The predicted octanol–water partition coefficient (Wildman–Crippen LogP) is -1.33. The molecule has 0 heterocycles. The van der Waals surface area contributed by atoms with Gasteiger partial charge in [-0.3, -0.25) is 0 Å². The Balaban J connectivity index is 5.42. The highest BCUT2D eigenvalue weighted by molar-refractivity contribution is 5.59. The summed E-state index contributed by atoms with van der Waals surface area (Å²) in [5, 5.41) is 0. The van der Waals surface area contributed by atoms with Crippen LogP contribution in [0.2, 0.25) is 0 Å². The highest BCUT2D eigenvalue weighted by Gasteiger charge is 1.94. The lowest BCUT2D eigenvalue weighted by molar-refractivity contribution is 1.66. The first kappa shape index (κ1) is 10.4. The number of terminal acetylenes is 1. The lowest BCUT2D eigenvalue weighted by Gasteiger charge is -1.87. The molecule has 0 aromatic rings. The second kappa shape index (κ2) is 6.11. The van der Waals surface area contributed by atoms with Crippen molar-refractivity contribution >= 4 is 0 Å². The van der Waals surface area contributed by atoms with Crippen molar-refractivity contribution in [2.24, 2.45) is 17.2 Å². The molecule has 0 aromatic heterocycles. The first-order valence-electron chi connectivity index (χ1n) is 3.15. The van der Waals surface area contributed by atoms with Gasteiger partial charge in [0.1, 0.15) is 11.1 Å². The van der Waals surface area contributed by atoms with Crippen molar-refractivity contribution < 1.29 is 0 Å². The van der Waals surface area contributed by atoms with E-state index in [0.29, 0.717) is 5.57 Å². The average molecular weight is 169 g/mol. The number of hydrogen-bond acceptors (Lipinski definition) is 3. The zero-order chi connectivity index (χ0) is 10.1. The third-order valence-electron chi connectivity index (χ3n) is 0.986. The summed E-state index contributed by atoms with van der Waals surface area (Å²) in [4.78, 5) is 0. The van der Waals surface area contributed by atoms with Crippen LogP contribution in [-0.4, -0.2) is 0 Å². The summed E-state index contributed by atoms with van der Waals surface area (Å²) in [7, 11) is 0. The third kappa shape index (κ3) is 3.33. The van der Waals surface area contributed by atoms with E-state index < -0.39 is 0 Å². The fourth-order valence-corrected chi connectivity index (χ4v) is 0.544. The lowest BCUT2D eigenvalue weighted by Crippen LogP contribution is -1.89. The van der Waals surface area contributed by atoms with Crippen molar-refractivity contribution in [1.82, 2.24) is 0 Å². The van der Waals surface area contributed by atoms with Gasteiger partial charge in [-0.25, -0.2) is 0 Å². The maximum Gasteiger partial charge on any atom is 0.102 e. The smallest absolute Gasteiger partial charge is 0.102 e. The van der Waals surface area contributed by atoms with Crippen LogP contribution in [0.15, 0.2) is 11.1 Å². The van der Waals surface area contributed by atoms with Crippen molar-refractivity contribution in [3.05, 3.63) is 11.1 Å². The van der Waals surface area contributed by atoms with Crippen LogP contribution in [0.4, 0.5) is 0 Å². The zero-order valence-corrected chi connectivity index (χ0v) is 6.81. The lowest BCUT2D eigenvalue weighted by atomic mass is 10.1. The van der Waals surface area contributed by atoms with E-state index >= 15 is 0 Å². The van der Waals surface area contributed by atoms with Gasteiger partial charge in [-0.2, -0.15) is 0 Å². The normalized spacial score (nSPS) is 5.46. The molecule has 0 amide bonds. The fourth-order valence-electron chi connectivity index (χ4n) is 0.544. The molecule has 3 nitrogen and oxygen atoms in total. The summed E-state index contributed by atoms with van der Waals surface area (Å²) < 4.78 is 0. The standard InChI is InChI=1S/C10H7N3/c1-2-9(3-6-11)10(4-7-12)5-8-13/h1H,11-13H2. The van der Waals surface area contributed by atoms with Crippen LogP contribution in [0.3, 0.4) is 0 Å². The van der Waals surface area contributed by atoms with Crippen LogP contribution in [0.25, 0.3) is 0 Å². The molecule has 0 atom stereocenters. The molecule has 0 aliphatic heterocycles. The summed E-state index contributed by atoms with van der Waals surface area (Å²) in [6.45, 7) is 0. The largest absolute Gasteiger partial charge is 0.359 e. The van der Waals surface area contributed by atoms with E-state index in [9.17, 15) is 0 Å². The van der Waals surface area contributed by atoms with E-state index in [2.05, 4.69) is 41.8 Å². The van der Waals surface area contributed by atoms with Gasteiger partial charge in [-0.05, 0) is 17.8 Å². The van der Waals surface area contributed by atoms with Crippen molar-refractivity contribution in [3.63, 3.8) is 0 Å². The molecule has 0 aliphatic rings. The Labute approximate surface area is 77.4 Å². The second-order valence-corrected chi connectivity index (χ2v) is 1.70. The summed E-state index contributed by atoms with van der Waals surface area (Å²) in [5.41, 5.74) is 15.6. The zero-order valence-electron chi connectivity index (χ0n) is 6.81. The minimum atomic E-state index is 0.276.